The van der Waals surface area contributed by atoms with Gasteiger partial charge in [0.2, 0.25) is 41.4 Å². The number of amides is 7. The van der Waals surface area contributed by atoms with Crippen LogP contribution in [0.1, 0.15) is 265 Å². The second kappa shape index (κ2) is 60.9. The molecule has 0 saturated carbocycles. The molecule has 0 radical (unpaired) electrons. The number of hydrogen-bond donors (Lipinski definition) is 17. The van der Waals surface area contributed by atoms with Crippen LogP contribution in [0.2, 0.25) is 0 Å². The molecule has 19 atom stereocenters. The topological polar surface area (TPSA) is 562 Å². The van der Waals surface area contributed by atoms with Crippen molar-refractivity contribution in [3.63, 3.8) is 0 Å². The molecule has 0 spiro atoms. The minimum absolute atomic E-state index is 0.0690. The Morgan fingerprint density at radius 2 is 0.805 bits per heavy atom. The van der Waals surface area contributed by atoms with Gasteiger partial charge in [0.05, 0.1) is 19.8 Å². The highest BCUT2D eigenvalue weighted by Gasteiger charge is 2.55. The van der Waals surface area contributed by atoms with Gasteiger partial charge in [-0.25, -0.2) is 13.9 Å². The second-order valence-corrected chi connectivity index (χ2v) is 36.7. The number of hydrogen-bond acceptors (Lipinski definition) is 24. The lowest BCUT2D eigenvalue weighted by atomic mass is 9.94. The van der Waals surface area contributed by atoms with Crippen molar-refractivity contribution in [1.29, 1.82) is 0 Å². The fraction of sp³-hybridized carbons (Fsp3) is 0.667. The largest absolute Gasteiger partial charge is 0.483 e. The van der Waals surface area contributed by atoms with Crippen LogP contribution in [0.25, 0.3) is 0 Å². The Morgan fingerprint density at radius 1 is 0.414 bits per heavy atom. The van der Waals surface area contributed by atoms with Gasteiger partial charge in [0.15, 0.2) is 12.6 Å². The second-order valence-electron chi connectivity index (χ2n) is 33.7. The molecule has 0 bridgehead atoms. The standard InChI is InChI=1S/C90H148N8O28P2/c1-54(2)28-18-29-55(3)30-19-31-56(4)32-20-33-57(5)34-21-35-58(6)36-22-37-59(7)38-23-39-60(8)40-24-41-61(9)42-25-43-62(10)44-26-45-63(11)50-51-120-127(116,117)126-128(118,119)125-90-77(96-69(17)102)81(80(74(53-100)123-90)124-89-76(95-68(16)101)79(105)78(104)73(52-99)122-89)121-67(15)84(108)92-65(13)83(107)98-72(88(114)115)48-49-75(103)97-71(47-27-46-70(91)87(112)113)85(109)93-64(12)82(106)94-66(14)86(110)111/h28,30,32,34,36,38,40,42,44,50,64-67,70-74,76-81,89-90,99-100,104-105H,18-27,29,31,33,35,37,39,41,43,45-49,51-53,91H2,1-17H3,(H,92,108)(H,93,109)(H,94,106)(H,95,101)(H,96,102)(H,97,103)(H,98,107)(H,110,111)(H,112,113)(H,114,115)(H,116,117)(H,118,119)/b55-30+,56-32+,57-34-,58-36-,59-38-,60-40-,61-42-,62-44-,63-50-/t64-,65+,66-,67-,70-,71+,72-,73-,74-,76-,77-,78-,79-,80-,81-,89+,90-/m1/s1. The number of nitrogens with one attached hydrogen (secondary N) is 7. The van der Waals surface area contributed by atoms with Crippen LogP contribution < -0.4 is 43.0 Å². The van der Waals surface area contributed by atoms with Crippen molar-refractivity contribution in [2.75, 3.05) is 19.8 Å². The van der Waals surface area contributed by atoms with E-state index in [4.69, 9.17) is 33.7 Å². The summed E-state index contributed by atoms with van der Waals surface area (Å²) in [6, 6.07) is -12.9. The van der Waals surface area contributed by atoms with Gasteiger partial charge in [-0.1, -0.05) is 116 Å². The summed E-state index contributed by atoms with van der Waals surface area (Å²) < 4.78 is 66.3. The Morgan fingerprint density at radius 3 is 1.20 bits per heavy atom. The number of allylic oxidation sites excluding steroid dienone is 19. The van der Waals surface area contributed by atoms with Crippen LogP contribution in [0.15, 0.2) is 116 Å². The van der Waals surface area contributed by atoms with E-state index in [9.17, 15) is 103 Å². The number of aliphatic hydroxyl groups is 4. The summed E-state index contributed by atoms with van der Waals surface area (Å²) in [6.07, 6.45) is 20.6. The maximum Gasteiger partial charge on any atom is 0.483 e. The number of aliphatic hydroxyl groups excluding tert-OH is 4. The molecule has 18 N–H and O–H groups in total. The highest BCUT2D eigenvalue weighted by atomic mass is 31.3. The number of ether oxygens (including phenoxy) is 4. The third-order valence-corrected chi connectivity index (χ3v) is 24.0. The van der Waals surface area contributed by atoms with Crippen molar-refractivity contribution >= 4 is 74.9 Å². The molecule has 2 saturated heterocycles. The summed E-state index contributed by atoms with van der Waals surface area (Å²) in [5.74, 6) is -11.5. The molecule has 7 amide bonds. The Balaban J connectivity index is 2.15. The predicted molar refractivity (Wildman–Crippen MR) is 483 cm³/mol. The van der Waals surface area contributed by atoms with E-state index in [1.807, 2.05) is 6.92 Å². The van der Waals surface area contributed by atoms with Gasteiger partial charge >= 0.3 is 33.6 Å². The molecule has 0 aromatic rings. The highest BCUT2D eigenvalue weighted by molar-refractivity contribution is 7.61. The van der Waals surface area contributed by atoms with Gasteiger partial charge in [-0.05, 0) is 245 Å². The van der Waals surface area contributed by atoms with E-state index in [1.165, 1.54) is 57.6 Å². The lowest BCUT2D eigenvalue weighted by Gasteiger charge is -2.49. The van der Waals surface area contributed by atoms with Gasteiger partial charge in [0.1, 0.15) is 91.1 Å². The van der Waals surface area contributed by atoms with E-state index in [2.05, 4.69) is 159 Å². The van der Waals surface area contributed by atoms with Gasteiger partial charge in [0.25, 0.3) is 0 Å². The van der Waals surface area contributed by atoms with E-state index in [-0.39, 0.29) is 19.3 Å². The molecule has 0 aromatic carbocycles. The zero-order valence-corrected chi connectivity index (χ0v) is 79.5. The molecule has 2 rings (SSSR count). The van der Waals surface area contributed by atoms with Crippen molar-refractivity contribution in [2.45, 2.75) is 369 Å². The van der Waals surface area contributed by atoms with Gasteiger partial charge < -0.3 is 107 Å². The first-order chi connectivity index (χ1) is 60.0. The van der Waals surface area contributed by atoms with Crippen LogP contribution in [0.5, 0.6) is 0 Å². The van der Waals surface area contributed by atoms with Crippen LogP contribution in [0.4, 0.5) is 0 Å². The molecule has 2 aliphatic rings. The van der Waals surface area contributed by atoms with Gasteiger partial charge in [-0.3, -0.25) is 52.2 Å². The Labute approximate surface area is 754 Å². The highest BCUT2D eigenvalue weighted by Crippen LogP contribution is 2.61. The molecule has 38 heteroatoms. The van der Waals surface area contributed by atoms with E-state index < -0.39 is 211 Å². The van der Waals surface area contributed by atoms with Crippen molar-refractivity contribution in [2.24, 2.45) is 5.73 Å². The third kappa shape index (κ3) is 48.2. The van der Waals surface area contributed by atoms with Crippen molar-refractivity contribution in [3.05, 3.63) is 116 Å². The number of carbonyl (C=O) groups excluding carboxylic acids is 7. The number of rotatable bonds is 61. The summed E-state index contributed by atoms with van der Waals surface area (Å²) in [7, 11) is -11.5. The monoisotopic (exact) mass is 1850 g/mol. The molecule has 2 fully saturated rings. The van der Waals surface area contributed by atoms with E-state index in [0.29, 0.717) is 18.4 Å². The molecule has 2 heterocycles. The summed E-state index contributed by atoms with van der Waals surface area (Å²) in [4.78, 5) is 150. The van der Waals surface area contributed by atoms with E-state index in [0.717, 1.165) is 143 Å². The number of carbonyl (C=O) groups is 10. The number of carboxylic acid groups (broad SMARTS) is 3. The minimum Gasteiger partial charge on any atom is -0.480 e. The summed E-state index contributed by atoms with van der Waals surface area (Å²) >= 11 is 0. The van der Waals surface area contributed by atoms with Gasteiger partial charge in [-0.15, -0.1) is 0 Å². The van der Waals surface area contributed by atoms with Crippen molar-refractivity contribution in [3.8, 4) is 0 Å². The SMILES string of the molecule is CC(=O)N[C@H]1[C@H](O[C@H]2[C@H](O[C@H](C)C(=O)N[C@@H](C)C(=O)N[C@H](CCC(=O)N[C@@H](CCC[C@@H](N)C(=O)O)C(=O)N[C@H](C)C(=O)N[C@H](C)C(=O)O)C(=O)O)[C@@H](NC(C)=O)[C@@H](OP(=O)(O)OP(=O)(O)OC/C=C(/C)CC/C=C(/C)CC/C=C(/C)CC/C=C(/C)CC/C=C(/C)CC/C=C(/C)CC/C=C(/C)CC/C=C(\C)CC/C=C(\C)CCC=C(C)C)O[C@@H]2CO)O[C@H](CO)[C@@H](O)[C@@H]1O. The average molecular weight is 1850 g/mol. The Bertz CT molecular complexity index is 4040. The van der Waals surface area contributed by atoms with Crippen LogP contribution in [-0.4, -0.2) is 228 Å². The van der Waals surface area contributed by atoms with Crippen LogP contribution in [0, 0.1) is 0 Å². The zero-order valence-electron chi connectivity index (χ0n) is 77.7. The molecule has 726 valence electrons. The molecule has 36 nitrogen and oxygen atoms in total. The lowest BCUT2D eigenvalue weighted by molar-refractivity contribution is -0.331. The van der Waals surface area contributed by atoms with Gasteiger partial charge in [0, 0.05) is 20.3 Å². The average Bonchev–Trinajstić information content (AvgIpc) is 0.764. The number of aliphatic carboxylic acids is 3. The van der Waals surface area contributed by atoms with Gasteiger partial charge in [-0.2, -0.15) is 4.31 Å². The van der Waals surface area contributed by atoms with E-state index >= 15 is 0 Å². The van der Waals surface area contributed by atoms with Crippen LogP contribution >= 0.6 is 15.6 Å². The zero-order chi connectivity index (χ0) is 96.7. The molecule has 128 heavy (non-hydrogen) atoms. The number of carboxylic acids is 3. The van der Waals surface area contributed by atoms with Crippen LogP contribution in [-0.2, 0) is 89.4 Å². The number of phosphoric acid groups is 2. The fourth-order valence-electron chi connectivity index (χ4n) is 13.6. The normalized spacial score (nSPS) is 22.7. The summed E-state index contributed by atoms with van der Waals surface area (Å²) in [6.45, 7) is 27.3. The minimum atomic E-state index is -5.97. The fourth-order valence-corrected chi connectivity index (χ4v) is 15.6. The van der Waals surface area contributed by atoms with Crippen LogP contribution in [0.3, 0.4) is 0 Å². The van der Waals surface area contributed by atoms with Crippen molar-refractivity contribution < 1.29 is 135 Å². The molecular weight excluding hydrogens is 1700 g/mol. The quantitative estimate of drug-likeness (QED) is 0.0199. The molecule has 0 aliphatic carbocycles. The number of phosphoric ester groups is 2. The molecular formula is C90H148N8O28P2. The smallest absolute Gasteiger partial charge is 0.480 e. The maximum atomic E-state index is 14.1. The first-order valence-corrected chi connectivity index (χ1v) is 46.9. The summed E-state index contributed by atoms with van der Waals surface area (Å²) in [5, 5.41) is 87.6. The first-order valence-electron chi connectivity index (χ1n) is 43.9. The summed E-state index contributed by atoms with van der Waals surface area (Å²) in [5.41, 5.74) is 18.8. The molecule has 0 aromatic heterocycles. The first kappa shape index (κ1) is 116. The third-order valence-electron chi connectivity index (χ3n) is 21.4. The Hall–Kier alpha value is -8.00. The molecule has 2 unspecified atom stereocenters. The lowest BCUT2D eigenvalue weighted by Crippen LogP contribution is -2.70. The maximum absolute atomic E-state index is 14.1. The van der Waals surface area contributed by atoms with E-state index in [1.54, 1.807) is 6.92 Å². The number of nitrogens with two attached hydrogens (primary N) is 1. The molecule has 2 aliphatic heterocycles. The van der Waals surface area contributed by atoms with Crippen molar-refractivity contribution in [1.82, 2.24) is 37.2 Å². The predicted octanol–water partition coefficient (Wildman–Crippen LogP) is 10.1. The Kier molecular flexibility index (Phi) is 55.2.